The molecule has 0 aliphatic carbocycles. The van der Waals surface area contributed by atoms with Crippen LogP contribution in [-0.2, 0) is 14.4 Å². The second kappa shape index (κ2) is 22.8. The molecule has 0 aromatic rings. The number of nitrogens with one attached hydrogen (secondary N) is 1. The molecule has 0 saturated carbocycles. The van der Waals surface area contributed by atoms with Crippen molar-refractivity contribution in [1.29, 1.82) is 0 Å². The number of amides is 1. The van der Waals surface area contributed by atoms with Gasteiger partial charge in [0.1, 0.15) is 6.04 Å². The van der Waals surface area contributed by atoms with Gasteiger partial charge in [0.25, 0.3) is 0 Å². The Morgan fingerprint density at radius 2 is 1.27 bits per heavy atom. The molecule has 0 aliphatic heterocycles. The Kier molecular flexibility index (Phi) is 23.8. The van der Waals surface area contributed by atoms with Crippen molar-refractivity contribution < 1.29 is 24.6 Å². The van der Waals surface area contributed by atoms with Crippen LogP contribution in [0.2, 0.25) is 0 Å². The van der Waals surface area contributed by atoms with E-state index in [2.05, 4.69) is 24.4 Å². The first kappa shape index (κ1) is 31.3. The van der Waals surface area contributed by atoms with Crippen LogP contribution in [0.3, 0.4) is 0 Å². The average Bonchev–Trinajstić information content (AvgIpc) is 2.67. The number of rotatable bonds is 20. The van der Waals surface area contributed by atoms with Crippen LogP contribution in [0.25, 0.3) is 0 Å². The van der Waals surface area contributed by atoms with E-state index < -0.39 is 18.0 Å². The van der Waals surface area contributed by atoms with Crippen molar-refractivity contribution in [1.82, 2.24) is 5.32 Å². The molecule has 0 aromatic heterocycles. The number of allylic oxidation sites excluding steroid dienone is 2. The molecule has 0 radical (unpaired) electrons. The van der Waals surface area contributed by atoms with Crippen molar-refractivity contribution in [2.75, 3.05) is 0 Å². The zero-order chi connectivity index (χ0) is 21.7. The molecule has 3 N–H and O–H groups in total. The molecule has 0 aromatic carbocycles. The van der Waals surface area contributed by atoms with Crippen LogP contribution < -0.4 is 5.32 Å². The minimum absolute atomic E-state index is 0. The molecule has 0 saturated heterocycles. The van der Waals surface area contributed by atoms with Gasteiger partial charge in [0.05, 0.1) is 0 Å². The number of carboxylic acid groups (broad SMARTS) is 2. The standard InChI is InChI=1S/C23H41NO5.Na.H/c1-2-3-4-5-6-7-8-9-10-11-12-13-14-15-16-17-21(25)24-20(23(28)29)18-19-22(26)27;;/h9-10,20H,2-8,11-19H2,1H3,(H,24,25)(H,26,27)(H,28,29);;. The summed E-state index contributed by atoms with van der Waals surface area (Å²) in [6, 6.07) is -1.12. The van der Waals surface area contributed by atoms with Crippen molar-refractivity contribution in [2.24, 2.45) is 0 Å². The van der Waals surface area contributed by atoms with E-state index in [9.17, 15) is 14.4 Å². The number of carboxylic acids is 2. The maximum absolute atomic E-state index is 11.8. The molecule has 0 bridgehead atoms. The predicted molar refractivity (Wildman–Crippen MR) is 123 cm³/mol. The third-order valence-electron chi connectivity index (χ3n) is 4.95. The number of carbonyl (C=O) groups is 3. The molecule has 170 valence electrons. The summed E-state index contributed by atoms with van der Waals surface area (Å²) in [5.74, 6) is -2.58. The van der Waals surface area contributed by atoms with Gasteiger partial charge in [-0.2, -0.15) is 0 Å². The van der Waals surface area contributed by atoms with Crippen molar-refractivity contribution in [2.45, 2.75) is 116 Å². The Hall–Kier alpha value is -0.850. The third-order valence-corrected chi connectivity index (χ3v) is 4.95. The van der Waals surface area contributed by atoms with Gasteiger partial charge in [-0.15, -0.1) is 0 Å². The summed E-state index contributed by atoms with van der Waals surface area (Å²) in [4.78, 5) is 33.4. The molecule has 7 heteroatoms. The fraction of sp³-hybridized carbons (Fsp3) is 0.783. The van der Waals surface area contributed by atoms with Crippen LogP contribution in [0.15, 0.2) is 12.2 Å². The molecule has 0 heterocycles. The predicted octanol–water partition coefficient (Wildman–Crippen LogP) is 4.81. The Morgan fingerprint density at radius 3 is 1.77 bits per heavy atom. The van der Waals surface area contributed by atoms with Gasteiger partial charge in [-0.05, 0) is 38.5 Å². The molecule has 1 atom stereocenters. The first-order valence-electron chi connectivity index (χ1n) is 11.4. The quantitative estimate of drug-likeness (QED) is 0.145. The summed E-state index contributed by atoms with van der Waals surface area (Å²) in [5, 5.41) is 20.1. The molecular formula is C23H42NNaO5. The molecule has 0 fully saturated rings. The van der Waals surface area contributed by atoms with Crippen molar-refractivity contribution in [3.8, 4) is 0 Å². The summed E-state index contributed by atoms with van der Waals surface area (Å²) >= 11 is 0. The van der Waals surface area contributed by atoms with E-state index in [4.69, 9.17) is 10.2 Å². The van der Waals surface area contributed by atoms with E-state index >= 15 is 0 Å². The summed E-state index contributed by atoms with van der Waals surface area (Å²) in [6.07, 6.45) is 19.9. The molecule has 0 rings (SSSR count). The molecule has 6 nitrogen and oxygen atoms in total. The Morgan fingerprint density at radius 1 is 0.767 bits per heavy atom. The fourth-order valence-electron chi connectivity index (χ4n) is 3.15. The van der Waals surface area contributed by atoms with E-state index in [1.165, 1.54) is 44.9 Å². The van der Waals surface area contributed by atoms with E-state index in [0.29, 0.717) is 0 Å². The van der Waals surface area contributed by atoms with Gasteiger partial charge in [0.2, 0.25) is 5.91 Å². The van der Waals surface area contributed by atoms with Crippen LogP contribution in [0.1, 0.15) is 110 Å². The van der Waals surface area contributed by atoms with Crippen LogP contribution in [0.4, 0.5) is 0 Å². The fourth-order valence-corrected chi connectivity index (χ4v) is 3.15. The summed E-state index contributed by atoms with van der Waals surface area (Å²) in [6.45, 7) is 2.24. The topological polar surface area (TPSA) is 104 Å². The minimum atomic E-state index is -1.19. The normalized spacial score (nSPS) is 11.8. The van der Waals surface area contributed by atoms with Gasteiger partial charge in [0.15, 0.2) is 0 Å². The molecular weight excluding hydrogens is 393 g/mol. The summed E-state index contributed by atoms with van der Waals surface area (Å²) in [5.41, 5.74) is 0. The van der Waals surface area contributed by atoms with Crippen molar-refractivity contribution in [3.05, 3.63) is 12.2 Å². The van der Waals surface area contributed by atoms with Crippen LogP contribution in [-0.4, -0.2) is 63.7 Å². The van der Waals surface area contributed by atoms with Gasteiger partial charge >= 0.3 is 41.5 Å². The van der Waals surface area contributed by atoms with Gasteiger partial charge < -0.3 is 15.5 Å². The summed E-state index contributed by atoms with van der Waals surface area (Å²) in [7, 11) is 0. The average molecular weight is 436 g/mol. The van der Waals surface area contributed by atoms with Crippen LogP contribution >= 0.6 is 0 Å². The number of aliphatic carboxylic acids is 2. The first-order chi connectivity index (χ1) is 14.0. The van der Waals surface area contributed by atoms with E-state index in [1.807, 2.05) is 0 Å². The zero-order valence-electron chi connectivity index (χ0n) is 18.2. The Balaban J connectivity index is 0. The number of hydrogen-bond donors (Lipinski definition) is 3. The van der Waals surface area contributed by atoms with Crippen molar-refractivity contribution >= 4 is 47.4 Å². The Bertz CT molecular complexity index is 482. The molecule has 0 aliphatic rings. The van der Waals surface area contributed by atoms with Crippen LogP contribution in [0.5, 0.6) is 0 Å². The molecule has 1 amide bonds. The van der Waals surface area contributed by atoms with Crippen molar-refractivity contribution in [3.63, 3.8) is 0 Å². The number of carbonyl (C=O) groups excluding carboxylic acids is 1. The monoisotopic (exact) mass is 435 g/mol. The molecule has 30 heavy (non-hydrogen) atoms. The second-order valence-corrected chi connectivity index (χ2v) is 7.73. The maximum atomic E-state index is 11.8. The van der Waals surface area contributed by atoms with Gasteiger partial charge in [-0.25, -0.2) is 4.79 Å². The molecule has 1 unspecified atom stereocenters. The first-order valence-corrected chi connectivity index (χ1v) is 11.4. The Labute approximate surface area is 204 Å². The second-order valence-electron chi connectivity index (χ2n) is 7.73. The third kappa shape index (κ3) is 21.8. The van der Waals surface area contributed by atoms with E-state index in [0.717, 1.165) is 38.5 Å². The van der Waals surface area contributed by atoms with Gasteiger partial charge in [-0.3, -0.25) is 9.59 Å². The van der Waals surface area contributed by atoms with Gasteiger partial charge in [0, 0.05) is 12.8 Å². The SMILES string of the molecule is CCCCCCCCC=CCCCCCCCC(=O)NC(CCC(=O)O)C(=O)O.[NaH]. The van der Waals surface area contributed by atoms with Gasteiger partial charge in [-0.1, -0.05) is 70.4 Å². The van der Waals surface area contributed by atoms with Crippen LogP contribution in [0, 0.1) is 0 Å². The van der Waals surface area contributed by atoms with E-state index in [-0.39, 0.29) is 54.7 Å². The number of unbranched alkanes of at least 4 members (excludes halogenated alkanes) is 11. The molecule has 0 spiro atoms. The number of hydrogen-bond acceptors (Lipinski definition) is 3. The zero-order valence-corrected chi connectivity index (χ0v) is 18.2. The summed E-state index contributed by atoms with van der Waals surface area (Å²) < 4.78 is 0. The van der Waals surface area contributed by atoms with E-state index in [1.54, 1.807) is 0 Å².